The van der Waals surface area contributed by atoms with Crippen LogP contribution in [0, 0.1) is 12.9 Å². The summed E-state index contributed by atoms with van der Waals surface area (Å²) in [5.74, 6) is 0.953. The molecule has 158 valence electrons. The van der Waals surface area contributed by atoms with E-state index in [0.717, 1.165) is 38.4 Å². The summed E-state index contributed by atoms with van der Waals surface area (Å²) in [5.41, 5.74) is 7.01. The number of anilines is 1. The normalized spacial score (nSPS) is 12.1. The predicted octanol–water partition coefficient (Wildman–Crippen LogP) is 6.44. The average Bonchev–Trinajstić information content (AvgIpc) is 3.27. The lowest BCUT2D eigenvalue weighted by Crippen LogP contribution is -2.09. The van der Waals surface area contributed by atoms with Crippen molar-refractivity contribution >= 4 is 27.4 Å². The molecule has 0 bridgehead atoms. The van der Waals surface area contributed by atoms with E-state index in [2.05, 4.69) is 38.2 Å². The van der Waals surface area contributed by atoms with Crippen LogP contribution >= 0.6 is 11.3 Å². The molecule has 7 heteroatoms. The maximum Gasteiger partial charge on any atom is 0.220 e. The molecule has 32 heavy (non-hydrogen) atoms. The average molecular weight is 442 g/mol. The van der Waals surface area contributed by atoms with Gasteiger partial charge in [0.05, 0.1) is 21.4 Å². The minimum atomic E-state index is -0.473. The summed E-state index contributed by atoms with van der Waals surface area (Å²) >= 11 is 1.61. The molecule has 0 aliphatic heterocycles. The quantitative estimate of drug-likeness (QED) is 0.318. The highest BCUT2D eigenvalue weighted by atomic mass is 32.1. The maximum absolute atomic E-state index is 14.1. The standard InChI is InChI=1S/C25H20FN5S/c1-15(17-5-3-6-18(11-17)20-7-4-10-27-25(20)26)29-24-13-22(30-16(2)31-24)19-8-9-21-23(12-19)32-14-28-21/h3-15H,1-2H3,(H,29,30,31). The van der Waals surface area contributed by atoms with Gasteiger partial charge in [-0.3, -0.25) is 0 Å². The van der Waals surface area contributed by atoms with Crippen molar-refractivity contribution in [1.82, 2.24) is 19.9 Å². The van der Waals surface area contributed by atoms with Gasteiger partial charge in [-0.05, 0) is 55.3 Å². The number of fused-ring (bicyclic) bond motifs is 1. The molecular formula is C25H20FN5S. The summed E-state index contributed by atoms with van der Waals surface area (Å²) in [5, 5.41) is 3.46. The molecule has 0 radical (unpaired) electrons. The van der Waals surface area contributed by atoms with E-state index in [4.69, 9.17) is 0 Å². The Morgan fingerprint density at radius 3 is 2.72 bits per heavy atom. The van der Waals surface area contributed by atoms with Crippen LogP contribution in [0.25, 0.3) is 32.6 Å². The molecule has 0 saturated carbocycles. The second-order valence-electron chi connectivity index (χ2n) is 7.55. The number of hydrogen-bond acceptors (Lipinski definition) is 6. The van der Waals surface area contributed by atoms with Gasteiger partial charge in [-0.25, -0.2) is 19.9 Å². The van der Waals surface area contributed by atoms with Crippen LogP contribution in [0.1, 0.15) is 24.4 Å². The molecule has 0 amide bonds. The maximum atomic E-state index is 14.1. The number of nitrogens with one attached hydrogen (secondary N) is 1. The van der Waals surface area contributed by atoms with Crippen LogP contribution in [0.2, 0.25) is 0 Å². The van der Waals surface area contributed by atoms with Crippen LogP contribution in [-0.4, -0.2) is 19.9 Å². The molecule has 5 nitrogen and oxygen atoms in total. The summed E-state index contributed by atoms with van der Waals surface area (Å²) in [6.07, 6.45) is 1.45. The summed E-state index contributed by atoms with van der Waals surface area (Å²) in [6.45, 7) is 3.94. The Morgan fingerprint density at radius 1 is 0.938 bits per heavy atom. The van der Waals surface area contributed by atoms with Crippen molar-refractivity contribution in [3.8, 4) is 22.4 Å². The van der Waals surface area contributed by atoms with Crippen molar-refractivity contribution < 1.29 is 4.39 Å². The van der Waals surface area contributed by atoms with Gasteiger partial charge in [0.2, 0.25) is 5.95 Å². The lowest BCUT2D eigenvalue weighted by Gasteiger charge is -2.17. The fourth-order valence-corrected chi connectivity index (χ4v) is 4.40. The first-order valence-electron chi connectivity index (χ1n) is 10.2. The van der Waals surface area contributed by atoms with E-state index >= 15 is 0 Å². The van der Waals surface area contributed by atoms with E-state index in [0.29, 0.717) is 11.4 Å². The topological polar surface area (TPSA) is 63.6 Å². The van der Waals surface area contributed by atoms with Crippen LogP contribution in [0.3, 0.4) is 0 Å². The molecule has 5 aromatic rings. The molecular weight excluding hydrogens is 421 g/mol. The fourth-order valence-electron chi connectivity index (χ4n) is 3.69. The Hall–Kier alpha value is -3.71. The third-order valence-electron chi connectivity index (χ3n) is 5.29. The molecule has 0 spiro atoms. The van der Waals surface area contributed by atoms with Gasteiger partial charge in [-0.15, -0.1) is 11.3 Å². The second-order valence-corrected chi connectivity index (χ2v) is 8.44. The number of thiazole rings is 1. The predicted molar refractivity (Wildman–Crippen MR) is 127 cm³/mol. The van der Waals surface area contributed by atoms with Gasteiger partial charge < -0.3 is 5.32 Å². The van der Waals surface area contributed by atoms with Crippen LogP contribution in [0.5, 0.6) is 0 Å². The van der Waals surface area contributed by atoms with Gasteiger partial charge in [0.1, 0.15) is 11.6 Å². The summed E-state index contributed by atoms with van der Waals surface area (Å²) in [6, 6.07) is 19.3. The Morgan fingerprint density at radius 2 is 1.84 bits per heavy atom. The largest absolute Gasteiger partial charge is 0.363 e. The number of hydrogen-bond donors (Lipinski definition) is 1. The molecule has 2 aromatic carbocycles. The first kappa shape index (κ1) is 20.2. The third-order valence-corrected chi connectivity index (χ3v) is 6.08. The van der Waals surface area contributed by atoms with E-state index in [9.17, 15) is 4.39 Å². The molecule has 0 aliphatic rings. The van der Waals surface area contributed by atoms with Gasteiger partial charge >= 0.3 is 0 Å². The number of benzene rings is 2. The van der Waals surface area contributed by atoms with Crippen LogP contribution in [0.15, 0.2) is 72.4 Å². The van der Waals surface area contributed by atoms with Crippen molar-refractivity contribution in [2.45, 2.75) is 19.9 Å². The first-order chi connectivity index (χ1) is 15.6. The van der Waals surface area contributed by atoms with Gasteiger partial charge in [-0.2, -0.15) is 4.39 Å². The number of aryl methyl sites for hydroxylation is 1. The van der Waals surface area contributed by atoms with Crippen molar-refractivity contribution in [2.75, 3.05) is 5.32 Å². The van der Waals surface area contributed by atoms with Crippen LogP contribution < -0.4 is 5.32 Å². The number of rotatable bonds is 5. The number of pyridine rings is 1. The zero-order valence-corrected chi connectivity index (χ0v) is 18.4. The molecule has 0 saturated heterocycles. The monoisotopic (exact) mass is 441 g/mol. The number of halogens is 1. The summed E-state index contributed by atoms with van der Waals surface area (Å²) in [7, 11) is 0. The van der Waals surface area contributed by atoms with Crippen LogP contribution in [-0.2, 0) is 0 Å². The molecule has 0 fully saturated rings. The van der Waals surface area contributed by atoms with Gasteiger partial charge in [0, 0.05) is 29.4 Å². The molecule has 1 unspecified atom stereocenters. The number of aromatic nitrogens is 4. The Bertz CT molecular complexity index is 1410. The molecule has 3 heterocycles. The van der Waals surface area contributed by atoms with E-state index in [1.807, 2.05) is 54.9 Å². The highest BCUT2D eigenvalue weighted by Gasteiger charge is 2.12. The Balaban J connectivity index is 1.43. The van der Waals surface area contributed by atoms with E-state index in [-0.39, 0.29) is 6.04 Å². The van der Waals surface area contributed by atoms with Gasteiger partial charge in [-0.1, -0.05) is 24.3 Å². The highest BCUT2D eigenvalue weighted by molar-refractivity contribution is 7.16. The fraction of sp³-hybridized carbons (Fsp3) is 0.120. The van der Waals surface area contributed by atoms with Crippen LogP contribution in [0.4, 0.5) is 10.2 Å². The van der Waals surface area contributed by atoms with Gasteiger partial charge in [0.25, 0.3) is 0 Å². The molecule has 0 aliphatic carbocycles. The summed E-state index contributed by atoms with van der Waals surface area (Å²) in [4.78, 5) is 17.3. The minimum Gasteiger partial charge on any atom is -0.363 e. The van der Waals surface area contributed by atoms with Crippen molar-refractivity contribution in [2.24, 2.45) is 0 Å². The van der Waals surface area contributed by atoms with Gasteiger partial charge in [0.15, 0.2) is 0 Å². The first-order valence-corrected chi connectivity index (χ1v) is 11.1. The SMILES string of the molecule is Cc1nc(NC(C)c2cccc(-c3cccnc3F)c2)cc(-c2ccc3ncsc3c2)n1. The number of nitrogens with zero attached hydrogens (tertiary/aromatic N) is 4. The minimum absolute atomic E-state index is 0.0409. The molecule has 1 atom stereocenters. The van der Waals surface area contributed by atoms with Crippen molar-refractivity contribution in [3.63, 3.8) is 0 Å². The van der Waals surface area contributed by atoms with Crippen molar-refractivity contribution in [3.05, 3.63) is 89.7 Å². The Kier molecular flexibility index (Phi) is 5.33. The summed E-state index contributed by atoms with van der Waals surface area (Å²) < 4.78 is 15.3. The lowest BCUT2D eigenvalue weighted by atomic mass is 10.0. The highest BCUT2D eigenvalue weighted by Crippen LogP contribution is 2.29. The Labute approximate surface area is 189 Å². The lowest BCUT2D eigenvalue weighted by molar-refractivity contribution is 0.587. The zero-order valence-electron chi connectivity index (χ0n) is 17.6. The van der Waals surface area contributed by atoms with E-state index in [1.54, 1.807) is 23.5 Å². The third kappa shape index (κ3) is 4.07. The molecule has 3 aromatic heterocycles. The molecule has 1 N–H and O–H groups in total. The van der Waals surface area contributed by atoms with Crippen molar-refractivity contribution in [1.29, 1.82) is 0 Å². The zero-order chi connectivity index (χ0) is 22.1. The van der Waals surface area contributed by atoms with E-state index < -0.39 is 5.95 Å². The smallest absolute Gasteiger partial charge is 0.220 e. The second kappa shape index (κ2) is 8.43. The molecule has 5 rings (SSSR count). The van der Waals surface area contributed by atoms with E-state index in [1.165, 1.54) is 6.20 Å².